The van der Waals surface area contributed by atoms with Gasteiger partial charge in [-0.15, -0.1) is 0 Å². The molecule has 6 heteroatoms. The van der Waals surface area contributed by atoms with Crippen molar-refractivity contribution in [1.82, 2.24) is 4.98 Å². The zero-order chi connectivity index (χ0) is 20.7. The van der Waals surface area contributed by atoms with E-state index in [1.54, 1.807) is 12.1 Å². The number of halogens is 1. The summed E-state index contributed by atoms with van der Waals surface area (Å²) in [5, 5.41) is 1.74. The summed E-state index contributed by atoms with van der Waals surface area (Å²) in [6, 6.07) is 11.3. The maximum atomic E-state index is 11.7. The second-order valence-corrected chi connectivity index (χ2v) is 13.6. The molecule has 1 aromatic heterocycles. The first-order valence-electron chi connectivity index (χ1n) is 9.22. The second kappa shape index (κ2) is 7.30. The third-order valence-electron chi connectivity index (χ3n) is 5.51. The number of carbonyl (C=O) groups excluding carboxylic acids is 1. The van der Waals surface area contributed by atoms with Crippen molar-refractivity contribution in [2.45, 2.75) is 38.9 Å². The second-order valence-electron chi connectivity index (χ2n) is 8.46. The highest BCUT2D eigenvalue weighted by Gasteiger charge is 2.39. The minimum Gasteiger partial charge on any atom is -0.543 e. The number of hydrogen-bond acceptors (Lipinski definition) is 3. The lowest BCUT2D eigenvalue weighted by molar-refractivity contribution is 0.0601. The van der Waals surface area contributed by atoms with Crippen molar-refractivity contribution in [1.29, 1.82) is 0 Å². The SMILES string of the molecule is COC(=O)c1ccc2c(-c3ccc(O[Si](C)(C)C(C)(C)C)cc3Cl)c[nH]c2c1. The smallest absolute Gasteiger partial charge is 0.337 e. The number of carbonyl (C=O) groups is 1. The molecule has 0 bridgehead atoms. The Labute approximate surface area is 171 Å². The van der Waals surface area contributed by atoms with E-state index in [0.29, 0.717) is 10.6 Å². The van der Waals surface area contributed by atoms with Crippen molar-refractivity contribution in [3.8, 4) is 16.9 Å². The molecule has 3 aromatic rings. The number of aromatic nitrogens is 1. The summed E-state index contributed by atoms with van der Waals surface area (Å²) in [7, 11) is -0.550. The van der Waals surface area contributed by atoms with Crippen molar-refractivity contribution in [3.05, 3.63) is 53.2 Å². The summed E-state index contributed by atoms with van der Waals surface area (Å²) in [4.78, 5) is 15.0. The van der Waals surface area contributed by atoms with Crippen LogP contribution >= 0.6 is 11.6 Å². The van der Waals surface area contributed by atoms with Crippen LogP contribution in [-0.4, -0.2) is 26.4 Å². The summed E-state index contributed by atoms with van der Waals surface area (Å²) in [6.45, 7) is 11.1. The van der Waals surface area contributed by atoms with Gasteiger partial charge in [0.25, 0.3) is 0 Å². The molecule has 1 heterocycles. The highest BCUT2D eigenvalue weighted by molar-refractivity contribution is 6.74. The van der Waals surface area contributed by atoms with Crippen LogP contribution in [0.4, 0.5) is 0 Å². The fraction of sp³-hybridized carbons (Fsp3) is 0.318. The fourth-order valence-electron chi connectivity index (χ4n) is 2.82. The predicted molar refractivity (Wildman–Crippen MR) is 118 cm³/mol. The Morgan fingerprint density at radius 1 is 1.07 bits per heavy atom. The lowest BCUT2D eigenvalue weighted by Crippen LogP contribution is -2.43. The lowest BCUT2D eigenvalue weighted by atomic mass is 10.0. The summed E-state index contributed by atoms with van der Waals surface area (Å²) < 4.78 is 11.1. The van der Waals surface area contributed by atoms with E-state index < -0.39 is 8.32 Å². The number of H-pyrrole nitrogens is 1. The molecular weight excluding hydrogens is 390 g/mol. The van der Waals surface area contributed by atoms with Gasteiger partial charge in [0.2, 0.25) is 8.32 Å². The topological polar surface area (TPSA) is 51.3 Å². The maximum absolute atomic E-state index is 11.7. The first-order chi connectivity index (χ1) is 13.0. The lowest BCUT2D eigenvalue weighted by Gasteiger charge is -2.36. The minimum atomic E-state index is -1.93. The molecule has 2 aromatic carbocycles. The van der Waals surface area contributed by atoms with Gasteiger partial charge in [0.15, 0.2) is 0 Å². The van der Waals surface area contributed by atoms with Gasteiger partial charge in [0.1, 0.15) is 5.75 Å². The highest BCUT2D eigenvalue weighted by atomic mass is 35.5. The van der Waals surface area contributed by atoms with Gasteiger partial charge in [-0.05, 0) is 48.5 Å². The Morgan fingerprint density at radius 2 is 1.79 bits per heavy atom. The normalized spacial score (nSPS) is 12.2. The van der Waals surface area contributed by atoms with Gasteiger partial charge < -0.3 is 14.1 Å². The summed E-state index contributed by atoms with van der Waals surface area (Å²) in [6.07, 6.45) is 1.90. The van der Waals surface area contributed by atoms with E-state index in [1.165, 1.54) is 7.11 Å². The minimum absolute atomic E-state index is 0.117. The molecule has 0 amide bonds. The van der Waals surface area contributed by atoms with E-state index in [0.717, 1.165) is 27.8 Å². The van der Waals surface area contributed by atoms with Crippen LogP contribution in [0.3, 0.4) is 0 Å². The Bertz CT molecular complexity index is 1030. The van der Waals surface area contributed by atoms with Gasteiger partial charge in [0, 0.05) is 28.2 Å². The van der Waals surface area contributed by atoms with Crippen molar-refractivity contribution in [2.24, 2.45) is 0 Å². The molecule has 0 radical (unpaired) electrons. The molecule has 0 aliphatic heterocycles. The van der Waals surface area contributed by atoms with Gasteiger partial charge in [-0.2, -0.15) is 0 Å². The van der Waals surface area contributed by atoms with E-state index in [-0.39, 0.29) is 11.0 Å². The van der Waals surface area contributed by atoms with E-state index in [9.17, 15) is 4.79 Å². The summed E-state index contributed by atoms with van der Waals surface area (Å²) in [5.74, 6) is 0.441. The monoisotopic (exact) mass is 415 g/mol. The van der Waals surface area contributed by atoms with Crippen molar-refractivity contribution in [3.63, 3.8) is 0 Å². The van der Waals surface area contributed by atoms with E-state index in [2.05, 4.69) is 38.8 Å². The van der Waals surface area contributed by atoms with Crippen LogP contribution < -0.4 is 4.43 Å². The molecule has 0 fully saturated rings. The van der Waals surface area contributed by atoms with Gasteiger partial charge in [-0.25, -0.2) is 4.79 Å². The number of aromatic amines is 1. The zero-order valence-corrected chi connectivity index (χ0v) is 18.9. The van der Waals surface area contributed by atoms with Gasteiger partial charge in [0.05, 0.1) is 17.7 Å². The molecule has 0 atom stereocenters. The van der Waals surface area contributed by atoms with Crippen molar-refractivity contribution >= 4 is 36.8 Å². The van der Waals surface area contributed by atoms with Crippen molar-refractivity contribution in [2.75, 3.05) is 7.11 Å². The van der Waals surface area contributed by atoms with E-state index in [4.69, 9.17) is 20.8 Å². The molecule has 28 heavy (non-hydrogen) atoms. The average molecular weight is 416 g/mol. The highest BCUT2D eigenvalue weighted by Crippen LogP contribution is 2.40. The number of esters is 1. The van der Waals surface area contributed by atoms with Crippen LogP contribution in [0.5, 0.6) is 5.75 Å². The van der Waals surface area contributed by atoms with Crippen molar-refractivity contribution < 1.29 is 14.0 Å². The molecule has 0 unspecified atom stereocenters. The number of fused-ring (bicyclic) bond motifs is 1. The van der Waals surface area contributed by atoms with Gasteiger partial charge in [-0.1, -0.05) is 38.4 Å². The molecule has 0 saturated carbocycles. The number of ether oxygens (including phenoxy) is 1. The molecule has 4 nitrogen and oxygen atoms in total. The Balaban J connectivity index is 1.96. The standard InChI is InChI=1S/C22H26ClNO3Si/c1-22(2,3)28(5,6)27-15-8-10-16(19(23)12-15)18-13-24-20-11-14(21(25)26-4)7-9-17(18)20/h7-13,24H,1-6H3. The maximum Gasteiger partial charge on any atom is 0.337 e. The van der Waals surface area contributed by atoms with Crippen LogP contribution in [0.25, 0.3) is 22.0 Å². The molecule has 3 rings (SSSR count). The molecule has 148 valence electrons. The molecule has 1 N–H and O–H groups in total. The third-order valence-corrected chi connectivity index (χ3v) is 10.2. The molecule has 0 aliphatic carbocycles. The number of benzene rings is 2. The number of nitrogens with one attached hydrogen (secondary N) is 1. The molecule has 0 aliphatic rings. The Hall–Kier alpha value is -2.24. The molecular formula is C22H26ClNO3Si. The predicted octanol–water partition coefficient (Wildman–Crippen LogP) is 6.66. The van der Waals surface area contributed by atoms with Crippen LogP contribution in [0, 0.1) is 0 Å². The first kappa shape index (κ1) is 20.5. The third kappa shape index (κ3) is 3.82. The van der Waals surface area contributed by atoms with E-state index in [1.807, 2.05) is 30.5 Å². The van der Waals surface area contributed by atoms with Crippen LogP contribution in [0.1, 0.15) is 31.1 Å². The van der Waals surface area contributed by atoms with Gasteiger partial charge in [-0.3, -0.25) is 0 Å². The quantitative estimate of drug-likeness (QED) is 0.383. The number of hydrogen-bond donors (Lipinski definition) is 1. The number of methoxy groups -OCH3 is 1. The average Bonchev–Trinajstić information content (AvgIpc) is 3.03. The first-order valence-corrected chi connectivity index (χ1v) is 12.5. The fourth-order valence-corrected chi connectivity index (χ4v) is 4.11. The molecule has 0 saturated heterocycles. The summed E-state index contributed by atoms with van der Waals surface area (Å²) >= 11 is 6.62. The van der Waals surface area contributed by atoms with Gasteiger partial charge >= 0.3 is 5.97 Å². The summed E-state index contributed by atoms with van der Waals surface area (Å²) in [5.41, 5.74) is 3.26. The number of rotatable bonds is 4. The molecule has 0 spiro atoms. The van der Waals surface area contributed by atoms with Crippen LogP contribution in [0.2, 0.25) is 23.2 Å². The van der Waals surface area contributed by atoms with Crippen LogP contribution in [-0.2, 0) is 4.74 Å². The van der Waals surface area contributed by atoms with E-state index >= 15 is 0 Å². The zero-order valence-electron chi connectivity index (χ0n) is 17.1. The largest absolute Gasteiger partial charge is 0.543 e. The van der Waals surface area contributed by atoms with Crippen LogP contribution in [0.15, 0.2) is 42.6 Å². The Kier molecular flexibility index (Phi) is 5.34. The Morgan fingerprint density at radius 3 is 2.39 bits per heavy atom.